The number of para-hydroxylation sites is 1. The summed E-state index contributed by atoms with van der Waals surface area (Å²) < 4.78 is 10.7. The predicted molar refractivity (Wildman–Crippen MR) is 81.6 cm³/mol. The molecule has 1 heterocycles. The van der Waals surface area contributed by atoms with E-state index in [2.05, 4.69) is 4.98 Å². The zero-order chi connectivity index (χ0) is 15.5. The molecular formula is C16H15NO4S. The first-order chi connectivity index (χ1) is 10.7. The van der Waals surface area contributed by atoms with E-state index in [4.69, 9.17) is 9.47 Å². The first kappa shape index (κ1) is 14.7. The van der Waals surface area contributed by atoms with Gasteiger partial charge in [0.1, 0.15) is 5.75 Å². The van der Waals surface area contributed by atoms with Crippen molar-refractivity contribution in [2.24, 2.45) is 5.92 Å². The molecule has 1 aromatic heterocycles. The molecule has 0 saturated heterocycles. The summed E-state index contributed by atoms with van der Waals surface area (Å²) >= 11 is 1.04. The minimum Gasteiger partial charge on any atom is -0.462 e. The van der Waals surface area contributed by atoms with Crippen LogP contribution in [0.3, 0.4) is 0 Å². The zero-order valence-corrected chi connectivity index (χ0v) is 12.9. The van der Waals surface area contributed by atoms with Crippen molar-refractivity contribution in [2.45, 2.75) is 19.8 Å². The van der Waals surface area contributed by atoms with E-state index in [1.807, 2.05) is 18.2 Å². The average molecular weight is 317 g/mol. The molecular weight excluding hydrogens is 302 g/mol. The lowest BCUT2D eigenvalue weighted by Crippen LogP contribution is -2.04. The number of carbonyl (C=O) groups is 2. The van der Waals surface area contributed by atoms with Gasteiger partial charge in [-0.05, 0) is 31.9 Å². The fraction of sp³-hybridized carbons (Fsp3) is 0.312. The van der Waals surface area contributed by atoms with E-state index in [1.54, 1.807) is 19.1 Å². The lowest BCUT2D eigenvalue weighted by Gasteiger charge is -2.04. The molecule has 0 unspecified atom stereocenters. The highest BCUT2D eigenvalue weighted by Crippen LogP contribution is 2.37. The summed E-state index contributed by atoms with van der Waals surface area (Å²) in [5.74, 6) is 0.215. The van der Waals surface area contributed by atoms with E-state index in [1.165, 1.54) is 0 Å². The van der Waals surface area contributed by atoms with Gasteiger partial charge >= 0.3 is 5.97 Å². The number of hydrogen-bond donors (Lipinski definition) is 0. The molecule has 0 spiro atoms. The van der Waals surface area contributed by atoms with Gasteiger partial charge in [-0.15, -0.1) is 0 Å². The Balaban J connectivity index is 1.91. The molecule has 1 saturated carbocycles. The van der Waals surface area contributed by atoms with Gasteiger partial charge in [-0.25, -0.2) is 4.79 Å². The van der Waals surface area contributed by atoms with Crippen LogP contribution in [0.5, 0.6) is 11.6 Å². The number of rotatable bonds is 6. The second kappa shape index (κ2) is 6.27. The van der Waals surface area contributed by atoms with Gasteiger partial charge in [0.2, 0.25) is 5.88 Å². The summed E-state index contributed by atoms with van der Waals surface area (Å²) in [5, 5.41) is 0.316. The van der Waals surface area contributed by atoms with Crippen molar-refractivity contribution in [3.8, 4) is 11.6 Å². The van der Waals surface area contributed by atoms with Gasteiger partial charge in [-0.3, -0.25) is 4.79 Å². The van der Waals surface area contributed by atoms with Gasteiger partial charge in [-0.1, -0.05) is 29.5 Å². The summed E-state index contributed by atoms with van der Waals surface area (Å²) in [6, 6.07) is 9.03. The number of carbonyl (C=O) groups excluding carboxylic acids is 2. The highest BCUT2D eigenvalue weighted by atomic mass is 32.1. The maximum Gasteiger partial charge on any atom is 0.354 e. The highest BCUT2D eigenvalue weighted by molar-refractivity contribution is 7.15. The third-order valence-corrected chi connectivity index (χ3v) is 4.20. The summed E-state index contributed by atoms with van der Waals surface area (Å²) in [5.41, 5.74) is 0. The van der Waals surface area contributed by atoms with Crippen molar-refractivity contribution in [1.29, 1.82) is 0 Å². The number of benzene rings is 1. The number of aromatic nitrogens is 1. The molecule has 5 nitrogen and oxygen atoms in total. The monoisotopic (exact) mass is 317 g/mol. The van der Waals surface area contributed by atoms with Crippen LogP contribution >= 0.6 is 11.3 Å². The maximum atomic E-state index is 12.1. The number of ether oxygens (including phenoxy) is 2. The number of esters is 1. The van der Waals surface area contributed by atoms with Gasteiger partial charge in [0.25, 0.3) is 0 Å². The molecule has 0 bridgehead atoms. The first-order valence-electron chi connectivity index (χ1n) is 7.14. The lowest BCUT2D eigenvalue weighted by atomic mass is 10.3. The Labute approximate surface area is 131 Å². The van der Waals surface area contributed by atoms with Crippen LogP contribution in [0.15, 0.2) is 30.3 Å². The van der Waals surface area contributed by atoms with Crippen LogP contribution in [0.1, 0.15) is 39.2 Å². The number of nitrogens with zero attached hydrogens (tertiary/aromatic N) is 1. The Bertz CT molecular complexity index is 691. The lowest BCUT2D eigenvalue weighted by molar-refractivity contribution is 0.0529. The van der Waals surface area contributed by atoms with E-state index in [0.29, 0.717) is 10.8 Å². The SMILES string of the molecule is CCOC(=O)c1sc(C(=O)C2CC2)nc1Oc1ccccc1. The molecule has 1 aliphatic carbocycles. The third kappa shape index (κ3) is 3.17. The summed E-state index contributed by atoms with van der Waals surface area (Å²) in [6.07, 6.45) is 1.78. The summed E-state index contributed by atoms with van der Waals surface area (Å²) in [7, 11) is 0. The number of Topliss-reactive ketones (excluding diaryl/α,β-unsaturated/α-hetero) is 1. The molecule has 1 fully saturated rings. The molecule has 0 radical (unpaired) electrons. The van der Waals surface area contributed by atoms with Gasteiger partial charge in [0, 0.05) is 5.92 Å². The van der Waals surface area contributed by atoms with Crippen LogP contribution < -0.4 is 4.74 Å². The Kier molecular flexibility index (Phi) is 4.20. The predicted octanol–water partition coefficient (Wildman–Crippen LogP) is 3.70. The van der Waals surface area contributed by atoms with E-state index < -0.39 is 5.97 Å². The molecule has 1 aliphatic rings. The second-order valence-electron chi connectivity index (χ2n) is 4.93. The quantitative estimate of drug-likeness (QED) is 0.600. The van der Waals surface area contributed by atoms with Crippen molar-refractivity contribution in [3.63, 3.8) is 0 Å². The van der Waals surface area contributed by atoms with E-state index in [-0.39, 0.29) is 29.1 Å². The largest absolute Gasteiger partial charge is 0.462 e. The number of hydrogen-bond acceptors (Lipinski definition) is 6. The van der Waals surface area contributed by atoms with Crippen molar-refractivity contribution in [1.82, 2.24) is 4.98 Å². The molecule has 22 heavy (non-hydrogen) atoms. The fourth-order valence-corrected chi connectivity index (χ4v) is 2.83. The van der Waals surface area contributed by atoms with E-state index >= 15 is 0 Å². The fourth-order valence-electron chi connectivity index (χ4n) is 1.93. The Morgan fingerprint density at radius 2 is 2.00 bits per heavy atom. The van der Waals surface area contributed by atoms with Gasteiger partial charge in [0.05, 0.1) is 6.61 Å². The van der Waals surface area contributed by atoms with Crippen LogP contribution in [0.4, 0.5) is 0 Å². The van der Waals surface area contributed by atoms with Crippen LogP contribution in [-0.4, -0.2) is 23.3 Å². The normalized spacial score (nSPS) is 13.7. The highest BCUT2D eigenvalue weighted by Gasteiger charge is 2.34. The molecule has 3 rings (SSSR count). The third-order valence-electron chi connectivity index (χ3n) is 3.17. The zero-order valence-electron chi connectivity index (χ0n) is 12.1. The smallest absolute Gasteiger partial charge is 0.354 e. The molecule has 0 N–H and O–H groups in total. The summed E-state index contributed by atoms with van der Waals surface area (Å²) in [6.45, 7) is 1.99. The Hall–Kier alpha value is -2.21. The van der Waals surface area contributed by atoms with Crippen LogP contribution in [-0.2, 0) is 4.74 Å². The van der Waals surface area contributed by atoms with Crippen LogP contribution in [0, 0.1) is 5.92 Å². The molecule has 114 valence electrons. The summed E-state index contributed by atoms with van der Waals surface area (Å²) in [4.78, 5) is 28.6. The van der Waals surface area contributed by atoms with E-state index in [9.17, 15) is 9.59 Å². The molecule has 0 aliphatic heterocycles. The van der Waals surface area contributed by atoms with Crippen LogP contribution in [0.2, 0.25) is 0 Å². The van der Waals surface area contributed by atoms with Crippen LogP contribution in [0.25, 0.3) is 0 Å². The number of ketones is 1. The number of thiazole rings is 1. The standard InChI is InChI=1S/C16H15NO4S/c1-2-20-16(19)13-14(21-11-6-4-3-5-7-11)17-15(22-13)12(18)10-8-9-10/h3-7,10H,2,8-9H2,1H3. The molecule has 0 atom stereocenters. The molecule has 2 aromatic rings. The van der Waals surface area contributed by atoms with Crippen molar-refractivity contribution < 1.29 is 19.1 Å². The topological polar surface area (TPSA) is 65.5 Å². The molecule has 0 amide bonds. The Morgan fingerprint density at radius 3 is 2.64 bits per heavy atom. The first-order valence-corrected chi connectivity index (χ1v) is 7.95. The molecule has 1 aromatic carbocycles. The minimum atomic E-state index is -0.513. The van der Waals surface area contributed by atoms with Gasteiger partial charge < -0.3 is 9.47 Å². The van der Waals surface area contributed by atoms with E-state index in [0.717, 1.165) is 24.2 Å². The van der Waals surface area contributed by atoms with Gasteiger partial charge in [-0.2, -0.15) is 4.98 Å². The van der Waals surface area contributed by atoms with Crippen molar-refractivity contribution in [2.75, 3.05) is 6.61 Å². The Morgan fingerprint density at radius 1 is 1.27 bits per heavy atom. The second-order valence-corrected chi connectivity index (χ2v) is 5.93. The van der Waals surface area contributed by atoms with Gasteiger partial charge in [0.15, 0.2) is 15.7 Å². The molecule has 6 heteroatoms. The maximum absolute atomic E-state index is 12.1. The average Bonchev–Trinajstić information content (AvgIpc) is 3.29. The van der Waals surface area contributed by atoms with Crippen molar-refractivity contribution >= 4 is 23.1 Å². The minimum absolute atomic E-state index is 0.0153. The van der Waals surface area contributed by atoms with Crippen molar-refractivity contribution in [3.05, 3.63) is 40.2 Å².